The Balaban J connectivity index is 1.91. The Morgan fingerprint density at radius 1 is 1.35 bits per heavy atom. The van der Waals surface area contributed by atoms with E-state index in [4.69, 9.17) is 5.11 Å². The molecule has 0 aliphatic carbocycles. The molecule has 1 amide bonds. The minimum absolute atomic E-state index is 0.237. The molecule has 104 valence electrons. The Bertz CT molecular complexity index is 569. The first-order chi connectivity index (χ1) is 9.66. The third-order valence-corrected chi connectivity index (χ3v) is 3.68. The highest BCUT2D eigenvalue weighted by molar-refractivity contribution is 7.10. The zero-order valence-electron chi connectivity index (χ0n) is 10.7. The van der Waals surface area contributed by atoms with Crippen molar-refractivity contribution in [1.29, 1.82) is 0 Å². The minimum Gasteiger partial charge on any atom is -0.479 e. The maximum Gasteiger partial charge on any atom is 0.331 e. The van der Waals surface area contributed by atoms with Crippen molar-refractivity contribution in [1.82, 2.24) is 10.3 Å². The van der Waals surface area contributed by atoms with E-state index in [-0.39, 0.29) is 12.3 Å². The molecule has 2 aromatic heterocycles. The number of hydrogen-bond acceptors (Lipinski definition) is 4. The third-order valence-electron chi connectivity index (χ3n) is 2.74. The second-order valence-corrected chi connectivity index (χ2v) is 5.19. The van der Waals surface area contributed by atoms with Gasteiger partial charge in [-0.3, -0.25) is 9.78 Å². The Kier molecular flexibility index (Phi) is 4.84. The van der Waals surface area contributed by atoms with E-state index in [0.29, 0.717) is 11.3 Å². The van der Waals surface area contributed by atoms with Crippen LogP contribution in [0.15, 0.2) is 42.0 Å². The lowest BCUT2D eigenvalue weighted by atomic mass is 10.1. The SMILES string of the molecule is O=C(CCc1cccnc1)NC(C(=O)O)c1cccs1. The van der Waals surface area contributed by atoms with Gasteiger partial charge >= 0.3 is 5.97 Å². The van der Waals surface area contributed by atoms with Crippen LogP contribution in [0.4, 0.5) is 0 Å². The lowest BCUT2D eigenvalue weighted by Gasteiger charge is -2.12. The fraction of sp³-hybridized carbons (Fsp3) is 0.214. The van der Waals surface area contributed by atoms with Crippen LogP contribution in [0.2, 0.25) is 0 Å². The van der Waals surface area contributed by atoms with Crippen LogP contribution in [-0.4, -0.2) is 22.0 Å². The molecule has 0 aromatic carbocycles. The van der Waals surface area contributed by atoms with Gasteiger partial charge in [-0.05, 0) is 29.5 Å². The summed E-state index contributed by atoms with van der Waals surface area (Å²) in [5.41, 5.74) is 0.950. The fourth-order valence-corrected chi connectivity index (χ4v) is 2.51. The molecule has 1 unspecified atom stereocenters. The molecule has 2 aromatic rings. The van der Waals surface area contributed by atoms with E-state index in [9.17, 15) is 9.59 Å². The molecular weight excluding hydrogens is 276 g/mol. The van der Waals surface area contributed by atoms with Crippen LogP contribution >= 0.6 is 11.3 Å². The molecule has 0 spiro atoms. The molecule has 0 saturated carbocycles. The number of hydrogen-bond donors (Lipinski definition) is 2. The molecule has 1 atom stereocenters. The topological polar surface area (TPSA) is 79.3 Å². The van der Waals surface area contributed by atoms with Crippen LogP contribution < -0.4 is 5.32 Å². The maximum absolute atomic E-state index is 11.8. The zero-order valence-corrected chi connectivity index (χ0v) is 11.5. The van der Waals surface area contributed by atoms with Gasteiger partial charge in [-0.25, -0.2) is 4.79 Å². The quantitative estimate of drug-likeness (QED) is 0.853. The van der Waals surface area contributed by atoms with E-state index in [0.717, 1.165) is 5.56 Å². The Morgan fingerprint density at radius 3 is 2.80 bits per heavy atom. The van der Waals surface area contributed by atoms with Gasteiger partial charge in [0.25, 0.3) is 0 Å². The molecule has 20 heavy (non-hydrogen) atoms. The van der Waals surface area contributed by atoms with Crippen molar-refractivity contribution in [3.63, 3.8) is 0 Å². The molecule has 2 heterocycles. The average Bonchev–Trinajstić information content (AvgIpc) is 2.97. The molecule has 0 aliphatic rings. The summed E-state index contributed by atoms with van der Waals surface area (Å²) in [6.07, 6.45) is 4.14. The standard InChI is InChI=1S/C14H14N2O3S/c17-12(6-5-10-3-1-7-15-9-10)16-13(14(18)19)11-4-2-8-20-11/h1-4,7-9,13H,5-6H2,(H,16,17)(H,18,19). The van der Waals surface area contributed by atoms with Crippen LogP contribution in [0.5, 0.6) is 0 Å². The summed E-state index contributed by atoms with van der Waals surface area (Å²) in [6.45, 7) is 0. The largest absolute Gasteiger partial charge is 0.479 e. The van der Waals surface area contributed by atoms with Gasteiger partial charge in [0.1, 0.15) is 0 Å². The van der Waals surface area contributed by atoms with E-state index in [2.05, 4.69) is 10.3 Å². The van der Waals surface area contributed by atoms with Gasteiger partial charge in [0.2, 0.25) is 5.91 Å². The van der Waals surface area contributed by atoms with Gasteiger partial charge in [-0.1, -0.05) is 12.1 Å². The smallest absolute Gasteiger partial charge is 0.331 e. The number of carbonyl (C=O) groups excluding carboxylic acids is 1. The monoisotopic (exact) mass is 290 g/mol. The van der Waals surface area contributed by atoms with Crippen molar-refractivity contribution in [3.8, 4) is 0 Å². The summed E-state index contributed by atoms with van der Waals surface area (Å²) in [6, 6.07) is 6.17. The summed E-state index contributed by atoms with van der Waals surface area (Å²) in [4.78, 5) is 27.6. The third kappa shape index (κ3) is 3.89. The number of carboxylic acid groups (broad SMARTS) is 1. The van der Waals surface area contributed by atoms with E-state index in [1.165, 1.54) is 11.3 Å². The van der Waals surface area contributed by atoms with Crippen LogP contribution in [0.25, 0.3) is 0 Å². The van der Waals surface area contributed by atoms with Crippen molar-refractivity contribution in [2.75, 3.05) is 0 Å². The first kappa shape index (κ1) is 14.2. The first-order valence-electron chi connectivity index (χ1n) is 6.11. The lowest BCUT2D eigenvalue weighted by Crippen LogP contribution is -2.33. The maximum atomic E-state index is 11.8. The molecule has 0 fully saturated rings. The molecule has 2 rings (SSSR count). The minimum atomic E-state index is -1.05. The summed E-state index contributed by atoms with van der Waals surface area (Å²) in [5, 5.41) is 13.5. The molecule has 0 saturated heterocycles. The van der Waals surface area contributed by atoms with Crippen LogP contribution in [0.1, 0.15) is 22.9 Å². The lowest BCUT2D eigenvalue weighted by molar-refractivity contribution is -0.141. The molecule has 5 nitrogen and oxygen atoms in total. The van der Waals surface area contributed by atoms with Crippen LogP contribution in [0, 0.1) is 0 Å². The number of thiophene rings is 1. The second-order valence-electron chi connectivity index (χ2n) is 4.22. The van der Waals surface area contributed by atoms with Crippen molar-refractivity contribution < 1.29 is 14.7 Å². The predicted molar refractivity (Wildman–Crippen MR) is 75.4 cm³/mol. The number of amides is 1. The number of carboxylic acids is 1. The number of aromatic nitrogens is 1. The van der Waals surface area contributed by atoms with Crippen molar-refractivity contribution in [2.24, 2.45) is 0 Å². The van der Waals surface area contributed by atoms with Crippen molar-refractivity contribution in [2.45, 2.75) is 18.9 Å². The number of nitrogens with zero attached hydrogens (tertiary/aromatic N) is 1. The second kappa shape index (κ2) is 6.81. The Morgan fingerprint density at radius 2 is 2.20 bits per heavy atom. The normalized spacial score (nSPS) is 11.8. The summed E-state index contributed by atoms with van der Waals surface area (Å²) < 4.78 is 0. The van der Waals surface area contributed by atoms with Gasteiger partial charge < -0.3 is 10.4 Å². The van der Waals surface area contributed by atoms with E-state index in [1.54, 1.807) is 36.0 Å². The highest BCUT2D eigenvalue weighted by Crippen LogP contribution is 2.19. The van der Waals surface area contributed by atoms with Crippen LogP contribution in [-0.2, 0) is 16.0 Å². The molecule has 0 aliphatic heterocycles. The molecule has 6 heteroatoms. The van der Waals surface area contributed by atoms with E-state index < -0.39 is 12.0 Å². The predicted octanol–water partition coefficient (Wildman–Crippen LogP) is 2.02. The molecule has 2 N–H and O–H groups in total. The fourth-order valence-electron chi connectivity index (χ4n) is 1.75. The first-order valence-corrected chi connectivity index (χ1v) is 6.99. The Hall–Kier alpha value is -2.21. The Labute approximate surface area is 120 Å². The van der Waals surface area contributed by atoms with Gasteiger partial charge in [0, 0.05) is 23.7 Å². The molecular formula is C14H14N2O3S. The van der Waals surface area contributed by atoms with Crippen LogP contribution in [0.3, 0.4) is 0 Å². The number of aryl methyl sites for hydroxylation is 1. The number of aliphatic carboxylic acids is 1. The van der Waals surface area contributed by atoms with E-state index in [1.807, 2.05) is 6.07 Å². The molecule has 0 bridgehead atoms. The van der Waals surface area contributed by atoms with Gasteiger partial charge in [0.05, 0.1) is 0 Å². The van der Waals surface area contributed by atoms with E-state index >= 15 is 0 Å². The summed E-state index contributed by atoms with van der Waals surface area (Å²) in [7, 11) is 0. The van der Waals surface area contributed by atoms with Crippen molar-refractivity contribution >= 4 is 23.2 Å². The zero-order chi connectivity index (χ0) is 14.4. The van der Waals surface area contributed by atoms with Gasteiger partial charge in [-0.15, -0.1) is 11.3 Å². The summed E-state index contributed by atoms with van der Waals surface area (Å²) in [5.74, 6) is -1.34. The summed E-state index contributed by atoms with van der Waals surface area (Å²) >= 11 is 1.31. The highest BCUT2D eigenvalue weighted by Gasteiger charge is 2.22. The number of rotatable bonds is 6. The number of pyridine rings is 1. The molecule has 0 radical (unpaired) electrons. The van der Waals surface area contributed by atoms with Gasteiger partial charge in [-0.2, -0.15) is 0 Å². The highest BCUT2D eigenvalue weighted by atomic mass is 32.1. The average molecular weight is 290 g/mol. The van der Waals surface area contributed by atoms with Gasteiger partial charge in [0.15, 0.2) is 6.04 Å². The number of carbonyl (C=O) groups is 2. The number of nitrogens with one attached hydrogen (secondary N) is 1. The van der Waals surface area contributed by atoms with Crippen molar-refractivity contribution in [3.05, 3.63) is 52.5 Å².